The molecule has 2 aromatic carbocycles. The Labute approximate surface area is 134 Å². The van der Waals surface area contributed by atoms with Crippen LogP contribution in [0.25, 0.3) is 11.1 Å². The van der Waals surface area contributed by atoms with Gasteiger partial charge in [-0.05, 0) is 65.8 Å². The summed E-state index contributed by atoms with van der Waals surface area (Å²) in [6.07, 6.45) is 3.65. The van der Waals surface area contributed by atoms with Gasteiger partial charge in [-0.25, -0.2) is 17.2 Å². The van der Waals surface area contributed by atoms with Crippen molar-refractivity contribution in [3.63, 3.8) is 0 Å². The molecule has 0 saturated heterocycles. The van der Waals surface area contributed by atoms with E-state index in [1.807, 2.05) is 0 Å². The van der Waals surface area contributed by atoms with Gasteiger partial charge in [0.25, 0.3) is 0 Å². The van der Waals surface area contributed by atoms with Crippen molar-refractivity contribution in [2.75, 3.05) is 6.26 Å². The fraction of sp³-hybridized carbons (Fsp3) is 0.222. The second kappa shape index (κ2) is 5.89. The van der Waals surface area contributed by atoms with Crippen LogP contribution < -0.4 is 0 Å². The normalized spacial score (nSPS) is 15.3. The molecule has 0 aliphatic heterocycles. The molecule has 2 nitrogen and oxygen atoms in total. The third-order valence-electron chi connectivity index (χ3n) is 4.06. The fourth-order valence-electron chi connectivity index (χ4n) is 3.01. The standard InChI is InChI=1S/C18H16F2O2S/c1-23(21,22)16-7-5-12(6-8-16)17-3-2-4-18(17)13-9-14(19)11-15(20)10-13/h5-11H,2-4H2,1H3. The van der Waals surface area contributed by atoms with E-state index < -0.39 is 21.5 Å². The molecule has 5 heteroatoms. The van der Waals surface area contributed by atoms with Gasteiger partial charge in [-0.15, -0.1) is 0 Å². The molecule has 0 N–H and O–H groups in total. The first-order valence-corrected chi connectivity index (χ1v) is 9.23. The van der Waals surface area contributed by atoms with E-state index in [9.17, 15) is 17.2 Å². The monoisotopic (exact) mass is 334 g/mol. The average molecular weight is 334 g/mol. The minimum Gasteiger partial charge on any atom is -0.224 e. The Morgan fingerprint density at radius 1 is 0.826 bits per heavy atom. The largest absolute Gasteiger partial charge is 0.224 e. The molecule has 0 fully saturated rings. The molecule has 0 heterocycles. The zero-order chi connectivity index (χ0) is 16.6. The van der Waals surface area contributed by atoms with E-state index in [0.29, 0.717) is 5.56 Å². The lowest BCUT2D eigenvalue weighted by Crippen LogP contribution is -1.97. The minimum absolute atomic E-state index is 0.262. The van der Waals surface area contributed by atoms with E-state index in [-0.39, 0.29) is 4.90 Å². The van der Waals surface area contributed by atoms with Crippen LogP contribution in [0.1, 0.15) is 30.4 Å². The molecule has 1 aliphatic carbocycles. The van der Waals surface area contributed by atoms with Gasteiger partial charge < -0.3 is 0 Å². The highest BCUT2D eigenvalue weighted by molar-refractivity contribution is 7.90. The van der Waals surface area contributed by atoms with Crippen molar-refractivity contribution >= 4 is 21.0 Å². The van der Waals surface area contributed by atoms with Gasteiger partial charge in [0.2, 0.25) is 0 Å². The lowest BCUT2D eigenvalue weighted by molar-refractivity contribution is 0.582. The first-order valence-electron chi connectivity index (χ1n) is 7.33. The highest BCUT2D eigenvalue weighted by Gasteiger charge is 2.19. The van der Waals surface area contributed by atoms with E-state index in [4.69, 9.17) is 0 Å². The van der Waals surface area contributed by atoms with E-state index in [1.165, 1.54) is 12.1 Å². The van der Waals surface area contributed by atoms with Crippen LogP contribution in [0.5, 0.6) is 0 Å². The van der Waals surface area contributed by atoms with Crippen molar-refractivity contribution in [3.8, 4) is 0 Å². The van der Waals surface area contributed by atoms with Crippen LogP contribution in [0.4, 0.5) is 8.78 Å². The van der Waals surface area contributed by atoms with Gasteiger partial charge >= 0.3 is 0 Å². The molecular weight excluding hydrogens is 318 g/mol. The second-order valence-electron chi connectivity index (χ2n) is 5.77. The van der Waals surface area contributed by atoms with Crippen molar-refractivity contribution in [1.29, 1.82) is 0 Å². The Balaban J connectivity index is 2.06. The Morgan fingerprint density at radius 3 is 1.87 bits per heavy atom. The number of benzene rings is 2. The van der Waals surface area contributed by atoms with Crippen LogP contribution in [0.15, 0.2) is 47.4 Å². The number of sulfone groups is 1. The van der Waals surface area contributed by atoms with E-state index in [2.05, 4.69) is 0 Å². The molecule has 0 unspecified atom stereocenters. The minimum atomic E-state index is -3.24. The van der Waals surface area contributed by atoms with E-state index in [1.54, 1.807) is 24.3 Å². The Hall–Kier alpha value is -2.01. The summed E-state index contributed by atoms with van der Waals surface area (Å²) in [4.78, 5) is 0.262. The predicted octanol–water partition coefficient (Wildman–Crippen LogP) is 4.46. The smallest absolute Gasteiger partial charge is 0.175 e. The number of hydrogen-bond acceptors (Lipinski definition) is 2. The van der Waals surface area contributed by atoms with Crippen LogP contribution in [0.2, 0.25) is 0 Å². The molecule has 0 radical (unpaired) electrons. The van der Waals surface area contributed by atoms with Crippen LogP contribution in [-0.4, -0.2) is 14.7 Å². The summed E-state index contributed by atoms with van der Waals surface area (Å²) in [5, 5.41) is 0. The number of halogens is 2. The summed E-state index contributed by atoms with van der Waals surface area (Å²) >= 11 is 0. The maximum atomic E-state index is 13.5. The Morgan fingerprint density at radius 2 is 1.35 bits per heavy atom. The molecule has 0 bridgehead atoms. The maximum Gasteiger partial charge on any atom is 0.175 e. The van der Waals surface area contributed by atoms with Crippen molar-refractivity contribution < 1.29 is 17.2 Å². The van der Waals surface area contributed by atoms with Gasteiger partial charge in [-0.3, -0.25) is 0 Å². The fourth-order valence-corrected chi connectivity index (χ4v) is 3.64. The lowest BCUT2D eigenvalue weighted by Gasteiger charge is -2.10. The molecule has 0 atom stereocenters. The molecule has 2 aromatic rings. The summed E-state index contributed by atoms with van der Waals surface area (Å²) in [5.74, 6) is -1.18. The van der Waals surface area contributed by atoms with Crippen molar-refractivity contribution in [2.24, 2.45) is 0 Å². The molecule has 120 valence electrons. The van der Waals surface area contributed by atoms with Gasteiger partial charge in [-0.2, -0.15) is 0 Å². The molecular formula is C18H16F2O2S. The maximum absolute atomic E-state index is 13.5. The van der Waals surface area contributed by atoms with Crippen molar-refractivity contribution in [3.05, 3.63) is 65.2 Å². The average Bonchev–Trinajstić information content (AvgIpc) is 2.95. The zero-order valence-electron chi connectivity index (χ0n) is 12.6. The first-order chi connectivity index (χ1) is 10.8. The molecule has 0 aromatic heterocycles. The van der Waals surface area contributed by atoms with Gasteiger partial charge in [0.15, 0.2) is 9.84 Å². The third-order valence-corrected chi connectivity index (χ3v) is 5.19. The highest BCUT2D eigenvalue weighted by Crippen LogP contribution is 2.40. The third kappa shape index (κ3) is 3.34. The highest BCUT2D eigenvalue weighted by atomic mass is 32.2. The summed E-state index contributed by atoms with van der Waals surface area (Å²) in [6.45, 7) is 0. The SMILES string of the molecule is CS(=O)(=O)c1ccc(C2=C(c3cc(F)cc(F)c3)CCC2)cc1. The van der Waals surface area contributed by atoms with Gasteiger partial charge in [-0.1, -0.05) is 12.1 Å². The Kier molecular flexibility index (Phi) is 4.06. The summed E-state index contributed by atoms with van der Waals surface area (Å²) in [7, 11) is -3.24. The van der Waals surface area contributed by atoms with Gasteiger partial charge in [0, 0.05) is 12.3 Å². The summed E-state index contributed by atoms with van der Waals surface area (Å²) in [6, 6.07) is 10.2. The zero-order valence-corrected chi connectivity index (χ0v) is 13.5. The summed E-state index contributed by atoms with van der Waals surface area (Å²) in [5.41, 5.74) is 3.40. The molecule has 23 heavy (non-hydrogen) atoms. The van der Waals surface area contributed by atoms with Crippen LogP contribution in [-0.2, 0) is 9.84 Å². The Bertz CT molecular complexity index is 861. The molecule has 0 amide bonds. The molecule has 3 rings (SSSR count). The molecule has 0 saturated carbocycles. The topological polar surface area (TPSA) is 34.1 Å². The van der Waals surface area contributed by atoms with Crippen molar-refractivity contribution in [1.82, 2.24) is 0 Å². The van der Waals surface area contributed by atoms with Crippen molar-refractivity contribution in [2.45, 2.75) is 24.2 Å². The number of allylic oxidation sites excluding steroid dienone is 2. The predicted molar refractivity (Wildman–Crippen MR) is 86.6 cm³/mol. The second-order valence-corrected chi connectivity index (χ2v) is 7.78. The van der Waals surface area contributed by atoms with Gasteiger partial charge in [0.05, 0.1) is 4.90 Å². The summed E-state index contributed by atoms with van der Waals surface area (Å²) < 4.78 is 50.0. The number of hydrogen-bond donors (Lipinski definition) is 0. The van der Waals surface area contributed by atoms with E-state index in [0.717, 1.165) is 48.3 Å². The van der Waals surface area contributed by atoms with E-state index >= 15 is 0 Å². The molecule has 0 spiro atoms. The molecule has 1 aliphatic rings. The van der Waals surface area contributed by atoms with Crippen LogP contribution >= 0.6 is 0 Å². The quantitative estimate of drug-likeness (QED) is 0.830. The lowest BCUT2D eigenvalue weighted by atomic mass is 9.97. The first kappa shape index (κ1) is 15.9. The van der Waals surface area contributed by atoms with Gasteiger partial charge in [0.1, 0.15) is 11.6 Å². The van der Waals surface area contributed by atoms with Crippen LogP contribution in [0, 0.1) is 11.6 Å². The number of rotatable bonds is 3. The van der Waals surface area contributed by atoms with Crippen LogP contribution in [0.3, 0.4) is 0 Å².